The lowest BCUT2D eigenvalue weighted by Crippen LogP contribution is -2.16. The Balaban J connectivity index is 1.75. The minimum Gasteiger partial charge on any atom is -0.497 e. The van der Waals surface area contributed by atoms with Crippen LogP contribution in [0.1, 0.15) is 11.1 Å². The molecule has 0 bridgehead atoms. The summed E-state index contributed by atoms with van der Waals surface area (Å²) in [6.45, 7) is 1.87. The predicted octanol–water partition coefficient (Wildman–Crippen LogP) is 3.03. The summed E-state index contributed by atoms with van der Waals surface area (Å²) in [5.41, 5.74) is 2.62. The van der Waals surface area contributed by atoms with Crippen molar-refractivity contribution in [2.24, 2.45) is 0 Å². The molecule has 0 aromatic heterocycles. The largest absolute Gasteiger partial charge is 0.497 e. The van der Waals surface area contributed by atoms with E-state index in [4.69, 9.17) is 4.74 Å². The first-order chi connectivity index (χ1) is 8.88. The fraction of sp³-hybridized carbons (Fsp3) is 0.250. The zero-order valence-electron chi connectivity index (χ0n) is 10.7. The summed E-state index contributed by atoms with van der Waals surface area (Å²) in [7, 11) is 1.70. The van der Waals surface area contributed by atoms with Gasteiger partial charge in [0.25, 0.3) is 0 Å². The Morgan fingerprint density at radius 3 is 2.50 bits per heavy atom. The molecule has 0 amide bonds. The van der Waals surface area contributed by atoms with Crippen LogP contribution in [0.4, 0.5) is 0 Å². The van der Waals surface area contributed by atoms with E-state index in [9.17, 15) is 0 Å². The lowest BCUT2D eigenvalue weighted by molar-refractivity contribution is 0.414. The normalized spacial score (nSPS) is 10.3. The van der Waals surface area contributed by atoms with Crippen molar-refractivity contribution >= 4 is 0 Å². The Morgan fingerprint density at radius 1 is 0.944 bits per heavy atom. The van der Waals surface area contributed by atoms with Crippen LogP contribution in [-0.4, -0.2) is 13.7 Å². The van der Waals surface area contributed by atoms with Crippen LogP contribution in [0.15, 0.2) is 54.6 Å². The molecular weight excluding hydrogens is 222 g/mol. The summed E-state index contributed by atoms with van der Waals surface area (Å²) >= 11 is 0. The van der Waals surface area contributed by atoms with E-state index in [2.05, 4.69) is 41.7 Å². The van der Waals surface area contributed by atoms with Crippen molar-refractivity contribution in [1.29, 1.82) is 0 Å². The van der Waals surface area contributed by atoms with Crippen molar-refractivity contribution in [2.45, 2.75) is 13.0 Å². The average Bonchev–Trinajstić information content (AvgIpc) is 2.45. The Labute approximate surface area is 109 Å². The van der Waals surface area contributed by atoms with Crippen molar-refractivity contribution in [3.05, 3.63) is 65.7 Å². The molecule has 0 aliphatic heterocycles. The molecular formula is C16H19NO. The molecule has 0 heterocycles. The number of benzene rings is 2. The first-order valence-corrected chi connectivity index (χ1v) is 6.26. The second-order valence-corrected chi connectivity index (χ2v) is 4.26. The molecule has 1 N–H and O–H groups in total. The van der Waals surface area contributed by atoms with Crippen molar-refractivity contribution in [3.63, 3.8) is 0 Å². The Hall–Kier alpha value is -1.80. The zero-order valence-corrected chi connectivity index (χ0v) is 10.7. The zero-order chi connectivity index (χ0) is 12.6. The van der Waals surface area contributed by atoms with Gasteiger partial charge in [-0.15, -0.1) is 0 Å². The van der Waals surface area contributed by atoms with Crippen molar-refractivity contribution in [3.8, 4) is 5.75 Å². The van der Waals surface area contributed by atoms with Crippen LogP contribution in [0, 0.1) is 0 Å². The molecule has 0 atom stereocenters. The van der Waals surface area contributed by atoms with Crippen LogP contribution in [0.2, 0.25) is 0 Å². The van der Waals surface area contributed by atoms with Gasteiger partial charge in [0, 0.05) is 6.54 Å². The van der Waals surface area contributed by atoms with Gasteiger partial charge in [0.2, 0.25) is 0 Å². The monoisotopic (exact) mass is 241 g/mol. The van der Waals surface area contributed by atoms with Crippen molar-refractivity contribution < 1.29 is 4.74 Å². The molecule has 0 aliphatic rings. The fourth-order valence-corrected chi connectivity index (χ4v) is 1.89. The molecule has 2 aromatic rings. The Bertz CT molecular complexity index is 468. The number of ether oxygens (including phenoxy) is 1. The SMILES string of the molecule is COc1cccc(CNCCc2ccccc2)c1. The number of hydrogen-bond acceptors (Lipinski definition) is 2. The second-order valence-electron chi connectivity index (χ2n) is 4.26. The highest BCUT2D eigenvalue weighted by Crippen LogP contribution is 2.12. The number of nitrogens with one attached hydrogen (secondary N) is 1. The highest BCUT2D eigenvalue weighted by Gasteiger charge is 1.96. The summed E-state index contributed by atoms with van der Waals surface area (Å²) in [5, 5.41) is 3.45. The van der Waals surface area contributed by atoms with Crippen LogP contribution in [0.3, 0.4) is 0 Å². The van der Waals surface area contributed by atoms with Gasteiger partial charge in [-0.05, 0) is 36.2 Å². The lowest BCUT2D eigenvalue weighted by atomic mass is 10.1. The van der Waals surface area contributed by atoms with Gasteiger partial charge in [0.05, 0.1) is 7.11 Å². The van der Waals surface area contributed by atoms with Gasteiger partial charge < -0.3 is 10.1 Å². The standard InChI is InChI=1S/C16H19NO/c1-18-16-9-5-8-15(12-16)13-17-11-10-14-6-3-2-4-7-14/h2-9,12,17H,10-11,13H2,1H3. The third-order valence-electron chi connectivity index (χ3n) is 2.90. The van der Waals surface area contributed by atoms with E-state index < -0.39 is 0 Å². The molecule has 0 spiro atoms. The van der Waals surface area contributed by atoms with Crippen molar-refractivity contribution in [1.82, 2.24) is 5.32 Å². The molecule has 2 rings (SSSR count). The van der Waals surface area contributed by atoms with Gasteiger partial charge >= 0.3 is 0 Å². The van der Waals surface area contributed by atoms with Crippen LogP contribution >= 0.6 is 0 Å². The number of rotatable bonds is 6. The predicted molar refractivity (Wildman–Crippen MR) is 74.8 cm³/mol. The van der Waals surface area contributed by atoms with Gasteiger partial charge in [0.1, 0.15) is 5.75 Å². The maximum atomic E-state index is 5.20. The van der Waals surface area contributed by atoms with E-state index in [-0.39, 0.29) is 0 Å². The highest BCUT2D eigenvalue weighted by molar-refractivity contribution is 5.28. The van der Waals surface area contributed by atoms with Gasteiger partial charge in [-0.25, -0.2) is 0 Å². The number of hydrogen-bond donors (Lipinski definition) is 1. The van der Waals surface area contributed by atoms with Gasteiger partial charge in [-0.1, -0.05) is 42.5 Å². The minimum absolute atomic E-state index is 0.879. The molecule has 2 nitrogen and oxygen atoms in total. The Morgan fingerprint density at radius 2 is 1.72 bits per heavy atom. The smallest absolute Gasteiger partial charge is 0.119 e. The molecule has 0 fully saturated rings. The van der Waals surface area contributed by atoms with Gasteiger partial charge in [-0.2, -0.15) is 0 Å². The molecule has 0 radical (unpaired) electrons. The molecule has 0 unspecified atom stereocenters. The third kappa shape index (κ3) is 3.90. The average molecular weight is 241 g/mol. The van der Waals surface area contributed by atoms with E-state index in [0.29, 0.717) is 0 Å². The van der Waals surface area contributed by atoms with Crippen LogP contribution < -0.4 is 10.1 Å². The third-order valence-corrected chi connectivity index (χ3v) is 2.90. The molecule has 2 aromatic carbocycles. The molecule has 94 valence electrons. The molecule has 18 heavy (non-hydrogen) atoms. The fourth-order valence-electron chi connectivity index (χ4n) is 1.89. The molecule has 0 saturated carbocycles. The maximum absolute atomic E-state index is 5.20. The quantitative estimate of drug-likeness (QED) is 0.785. The molecule has 0 aliphatic carbocycles. The van der Waals surface area contributed by atoms with Gasteiger partial charge in [0.15, 0.2) is 0 Å². The van der Waals surface area contributed by atoms with E-state index in [1.807, 2.05) is 18.2 Å². The van der Waals surface area contributed by atoms with Crippen molar-refractivity contribution in [2.75, 3.05) is 13.7 Å². The summed E-state index contributed by atoms with van der Waals surface area (Å²) in [5.74, 6) is 0.914. The molecule has 2 heteroatoms. The maximum Gasteiger partial charge on any atom is 0.119 e. The minimum atomic E-state index is 0.879. The number of methoxy groups -OCH3 is 1. The summed E-state index contributed by atoms with van der Waals surface area (Å²) in [6.07, 6.45) is 1.06. The first-order valence-electron chi connectivity index (χ1n) is 6.26. The highest BCUT2D eigenvalue weighted by atomic mass is 16.5. The van der Waals surface area contributed by atoms with E-state index in [0.717, 1.165) is 25.3 Å². The van der Waals surface area contributed by atoms with Crippen LogP contribution in [0.5, 0.6) is 5.75 Å². The van der Waals surface area contributed by atoms with E-state index in [1.54, 1.807) is 7.11 Å². The van der Waals surface area contributed by atoms with Crippen LogP contribution in [-0.2, 0) is 13.0 Å². The Kier molecular flexibility index (Phi) is 4.79. The van der Waals surface area contributed by atoms with Crippen LogP contribution in [0.25, 0.3) is 0 Å². The summed E-state index contributed by atoms with van der Waals surface area (Å²) in [6, 6.07) is 18.7. The van der Waals surface area contributed by atoms with E-state index in [1.165, 1.54) is 11.1 Å². The van der Waals surface area contributed by atoms with Gasteiger partial charge in [-0.3, -0.25) is 0 Å². The topological polar surface area (TPSA) is 21.3 Å². The first kappa shape index (κ1) is 12.7. The summed E-state index contributed by atoms with van der Waals surface area (Å²) < 4.78 is 5.20. The second kappa shape index (κ2) is 6.82. The lowest BCUT2D eigenvalue weighted by Gasteiger charge is -2.06. The van der Waals surface area contributed by atoms with E-state index >= 15 is 0 Å². The summed E-state index contributed by atoms with van der Waals surface area (Å²) in [4.78, 5) is 0. The molecule has 0 saturated heterocycles.